The molecule has 25 heavy (non-hydrogen) atoms. The van der Waals surface area contributed by atoms with Gasteiger partial charge in [0.15, 0.2) is 0 Å². The van der Waals surface area contributed by atoms with E-state index in [1.54, 1.807) is 7.11 Å². The Morgan fingerprint density at radius 1 is 1.04 bits per heavy atom. The number of ether oxygens (including phenoxy) is 1. The first-order valence-corrected chi connectivity index (χ1v) is 8.44. The zero-order valence-corrected chi connectivity index (χ0v) is 14.5. The molecule has 1 N–H and O–H groups in total. The number of anilines is 1. The van der Waals surface area contributed by atoms with Crippen molar-refractivity contribution in [2.75, 3.05) is 12.0 Å². The first-order valence-electron chi connectivity index (χ1n) is 8.44. The molecule has 1 aliphatic heterocycles. The largest absolute Gasteiger partial charge is 0.497 e. The Morgan fingerprint density at radius 2 is 1.68 bits per heavy atom. The van der Waals surface area contributed by atoms with Crippen LogP contribution in [0.1, 0.15) is 24.5 Å². The Kier molecular flexibility index (Phi) is 5.14. The molecule has 1 saturated heterocycles. The fourth-order valence-electron chi connectivity index (χ4n) is 2.93. The summed E-state index contributed by atoms with van der Waals surface area (Å²) < 4.78 is 5.13. The van der Waals surface area contributed by atoms with E-state index < -0.39 is 6.04 Å². The molecular weight excluding hydrogens is 316 g/mol. The lowest BCUT2D eigenvalue weighted by molar-refractivity contribution is -0.121. The third-order valence-electron chi connectivity index (χ3n) is 4.46. The number of rotatable bonds is 6. The number of nitrogens with one attached hydrogen (secondary N) is 1. The number of nitrogens with zero attached hydrogens (tertiary/aromatic N) is 1. The Morgan fingerprint density at radius 3 is 2.28 bits per heavy atom. The van der Waals surface area contributed by atoms with Crippen LogP contribution in [-0.4, -0.2) is 25.0 Å². The third-order valence-corrected chi connectivity index (χ3v) is 4.46. The summed E-state index contributed by atoms with van der Waals surface area (Å²) >= 11 is 0. The normalized spacial score (nSPS) is 17.2. The van der Waals surface area contributed by atoms with E-state index in [1.165, 1.54) is 10.5 Å². The molecule has 0 aromatic heterocycles. The van der Waals surface area contributed by atoms with E-state index in [0.29, 0.717) is 12.2 Å². The van der Waals surface area contributed by atoms with Crippen LogP contribution < -0.4 is 15.0 Å². The topological polar surface area (TPSA) is 58.6 Å². The second-order valence-electron chi connectivity index (χ2n) is 6.07. The molecule has 3 rings (SSSR count). The maximum atomic E-state index is 12.6. The Balaban J connectivity index is 1.65. The van der Waals surface area contributed by atoms with E-state index in [-0.39, 0.29) is 18.2 Å². The van der Waals surface area contributed by atoms with Crippen molar-refractivity contribution in [1.29, 1.82) is 0 Å². The van der Waals surface area contributed by atoms with Gasteiger partial charge in [-0.3, -0.25) is 9.59 Å². The highest BCUT2D eigenvalue weighted by Gasteiger charge is 2.39. The van der Waals surface area contributed by atoms with Crippen molar-refractivity contribution in [3.8, 4) is 5.75 Å². The number of benzene rings is 2. The van der Waals surface area contributed by atoms with Crippen LogP contribution in [0.15, 0.2) is 48.5 Å². The van der Waals surface area contributed by atoms with Crippen LogP contribution in [-0.2, 0) is 22.6 Å². The van der Waals surface area contributed by atoms with Gasteiger partial charge in [-0.1, -0.05) is 31.2 Å². The highest BCUT2D eigenvalue weighted by molar-refractivity contribution is 6.22. The van der Waals surface area contributed by atoms with Crippen molar-refractivity contribution >= 4 is 17.5 Å². The smallest absolute Gasteiger partial charge is 0.251 e. The van der Waals surface area contributed by atoms with Crippen molar-refractivity contribution in [2.24, 2.45) is 0 Å². The van der Waals surface area contributed by atoms with Gasteiger partial charge >= 0.3 is 0 Å². The third kappa shape index (κ3) is 3.72. The molecular formula is C20H22N2O3. The van der Waals surface area contributed by atoms with Crippen molar-refractivity contribution < 1.29 is 14.3 Å². The molecule has 2 amide bonds. The molecule has 130 valence electrons. The lowest BCUT2D eigenvalue weighted by Crippen LogP contribution is -2.38. The van der Waals surface area contributed by atoms with Gasteiger partial charge in [0.25, 0.3) is 5.91 Å². The lowest BCUT2D eigenvalue weighted by atomic mass is 10.1. The molecule has 5 nitrogen and oxygen atoms in total. The monoisotopic (exact) mass is 338 g/mol. The zero-order valence-electron chi connectivity index (χ0n) is 14.5. The molecule has 2 aromatic carbocycles. The lowest BCUT2D eigenvalue weighted by Gasteiger charge is -2.16. The summed E-state index contributed by atoms with van der Waals surface area (Å²) in [5, 5.41) is 3.18. The first kappa shape index (κ1) is 17.2. The quantitative estimate of drug-likeness (QED) is 0.823. The van der Waals surface area contributed by atoms with E-state index in [2.05, 4.69) is 12.2 Å². The van der Waals surface area contributed by atoms with Crippen LogP contribution in [0.4, 0.5) is 5.69 Å². The molecule has 1 fully saturated rings. The summed E-state index contributed by atoms with van der Waals surface area (Å²) in [4.78, 5) is 26.2. The Hall–Kier alpha value is -2.66. The van der Waals surface area contributed by atoms with Crippen LogP contribution in [0, 0.1) is 0 Å². The molecule has 1 aliphatic rings. The van der Waals surface area contributed by atoms with Crippen LogP contribution in [0.2, 0.25) is 0 Å². The second-order valence-corrected chi connectivity index (χ2v) is 6.07. The molecule has 1 heterocycles. The van der Waals surface area contributed by atoms with Crippen molar-refractivity contribution in [3.63, 3.8) is 0 Å². The summed E-state index contributed by atoms with van der Waals surface area (Å²) in [7, 11) is 1.62. The number of carbonyl (C=O) groups is 2. The van der Waals surface area contributed by atoms with E-state index in [9.17, 15) is 9.59 Å². The number of carbonyl (C=O) groups excluding carboxylic acids is 2. The number of hydrogen-bond donors (Lipinski definition) is 1. The number of amides is 2. The number of aryl methyl sites for hydroxylation is 1. The summed E-state index contributed by atoms with van der Waals surface area (Å²) in [6.07, 6.45) is 1.11. The summed E-state index contributed by atoms with van der Waals surface area (Å²) in [5.41, 5.74) is 2.85. The van der Waals surface area contributed by atoms with E-state index in [0.717, 1.165) is 17.7 Å². The van der Waals surface area contributed by atoms with Crippen LogP contribution in [0.5, 0.6) is 5.75 Å². The van der Waals surface area contributed by atoms with Gasteiger partial charge in [-0.05, 0) is 41.8 Å². The van der Waals surface area contributed by atoms with Gasteiger partial charge in [-0.2, -0.15) is 0 Å². The van der Waals surface area contributed by atoms with E-state index in [1.807, 2.05) is 48.5 Å². The average molecular weight is 338 g/mol. The minimum absolute atomic E-state index is 0.165. The number of imide groups is 1. The van der Waals surface area contributed by atoms with Crippen molar-refractivity contribution in [3.05, 3.63) is 59.7 Å². The molecule has 0 unspecified atom stereocenters. The molecule has 2 aromatic rings. The van der Waals surface area contributed by atoms with Crippen molar-refractivity contribution in [1.82, 2.24) is 5.32 Å². The minimum Gasteiger partial charge on any atom is -0.497 e. The fraction of sp³-hybridized carbons (Fsp3) is 0.300. The average Bonchev–Trinajstić information content (AvgIpc) is 2.94. The number of hydrogen-bond acceptors (Lipinski definition) is 4. The highest BCUT2D eigenvalue weighted by atomic mass is 16.5. The van der Waals surface area contributed by atoms with Crippen molar-refractivity contribution in [2.45, 2.75) is 32.4 Å². The van der Waals surface area contributed by atoms with Gasteiger partial charge in [0.05, 0.1) is 25.3 Å². The van der Waals surface area contributed by atoms with Gasteiger partial charge in [0, 0.05) is 6.54 Å². The number of methoxy groups -OCH3 is 1. The van der Waals surface area contributed by atoms with Gasteiger partial charge in [0.1, 0.15) is 5.75 Å². The maximum absolute atomic E-state index is 12.6. The molecule has 1 atom stereocenters. The van der Waals surface area contributed by atoms with Crippen LogP contribution in [0.3, 0.4) is 0 Å². The molecule has 5 heteroatoms. The molecule has 0 bridgehead atoms. The Bertz CT molecular complexity index is 754. The standard InChI is InChI=1S/C20H22N2O3/c1-3-14-4-8-16(9-5-14)22-19(23)12-18(20(22)24)21-13-15-6-10-17(25-2)11-7-15/h4-11,18,21H,3,12-13H2,1-2H3/t18-/m0/s1. The molecule has 0 radical (unpaired) electrons. The van der Waals surface area contributed by atoms with E-state index in [4.69, 9.17) is 4.74 Å². The predicted molar refractivity (Wildman–Crippen MR) is 96.6 cm³/mol. The second kappa shape index (κ2) is 7.49. The summed E-state index contributed by atoms with van der Waals surface area (Å²) in [6, 6.07) is 14.7. The van der Waals surface area contributed by atoms with Gasteiger partial charge in [0.2, 0.25) is 5.91 Å². The first-order chi connectivity index (χ1) is 12.1. The summed E-state index contributed by atoms with van der Waals surface area (Å²) in [5.74, 6) is 0.432. The van der Waals surface area contributed by atoms with Gasteiger partial charge in [-0.15, -0.1) is 0 Å². The molecule has 0 spiro atoms. The maximum Gasteiger partial charge on any atom is 0.251 e. The fourth-order valence-corrected chi connectivity index (χ4v) is 2.93. The highest BCUT2D eigenvalue weighted by Crippen LogP contribution is 2.23. The minimum atomic E-state index is -0.486. The summed E-state index contributed by atoms with van der Waals surface area (Å²) in [6.45, 7) is 2.59. The van der Waals surface area contributed by atoms with Gasteiger partial charge in [-0.25, -0.2) is 4.90 Å². The SMILES string of the molecule is CCc1ccc(N2C(=O)C[C@H](NCc3ccc(OC)cc3)C2=O)cc1. The predicted octanol–water partition coefficient (Wildman–Crippen LogP) is 2.68. The molecule has 0 saturated carbocycles. The zero-order chi connectivity index (χ0) is 17.8. The van der Waals surface area contributed by atoms with Crippen LogP contribution in [0.25, 0.3) is 0 Å². The molecule has 0 aliphatic carbocycles. The van der Waals surface area contributed by atoms with Gasteiger partial charge < -0.3 is 10.1 Å². The van der Waals surface area contributed by atoms with Crippen LogP contribution >= 0.6 is 0 Å². The van der Waals surface area contributed by atoms with E-state index >= 15 is 0 Å². The Labute approximate surface area is 147 Å².